The Morgan fingerprint density at radius 2 is 1.81 bits per heavy atom. The smallest absolute Gasteiger partial charge is 0.434 e. The van der Waals surface area contributed by atoms with Gasteiger partial charge in [0.2, 0.25) is 0 Å². The monoisotopic (exact) mass is 295 g/mol. The van der Waals surface area contributed by atoms with E-state index in [0.29, 0.717) is 13.2 Å². The number of methoxy groups -OCH3 is 1. The number of rotatable bonds is 6. The fourth-order valence-electron chi connectivity index (χ4n) is 1.60. The molecule has 21 heavy (non-hydrogen) atoms. The summed E-state index contributed by atoms with van der Waals surface area (Å²) < 4.78 is 10.4. The van der Waals surface area contributed by atoms with Crippen LogP contribution in [0.4, 0.5) is 4.79 Å². The van der Waals surface area contributed by atoms with Gasteiger partial charge in [-0.3, -0.25) is 4.84 Å². The second kappa shape index (κ2) is 7.88. The summed E-state index contributed by atoms with van der Waals surface area (Å²) in [6.07, 6.45) is 0.333. The molecule has 1 aromatic rings. The molecule has 1 aromatic carbocycles. The van der Waals surface area contributed by atoms with Crippen molar-refractivity contribution in [3.8, 4) is 5.75 Å². The molecule has 0 atom stereocenters. The van der Waals surface area contributed by atoms with Gasteiger partial charge in [0.05, 0.1) is 13.7 Å². The topological polar surface area (TPSA) is 48.0 Å². The van der Waals surface area contributed by atoms with Gasteiger partial charge in [0.15, 0.2) is 0 Å². The molecule has 5 heteroatoms. The van der Waals surface area contributed by atoms with Crippen molar-refractivity contribution in [1.82, 2.24) is 5.06 Å². The highest BCUT2D eigenvalue weighted by Crippen LogP contribution is 2.14. The molecule has 0 heterocycles. The van der Waals surface area contributed by atoms with E-state index in [1.165, 1.54) is 5.06 Å². The highest BCUT2D eigenvalue weighted by molar-refractivity contribution is 5.66. The minimum Gasteiger partial charge on any atom is -0.497 e. The van der Waals surface area contributed by atoms with E-state index >= 15 is 0 Å². The van der Waals surface area contributed by atoms with E-state index in [1.54, 1.807) is 7.11 Å². The lowest BCUT2D eigenvalue weighted by Gasteiger charge is -2.26. The maximum absolute atomic E-state index is 12.0. The number of ether oxygens (including phenoxy) is 2. The Balaban J connectivity index is 2.59. The van der Waals surface area contributed by atoms with E-state index in [2.05, 4.69) is 0 Å². The van der Waals surface area contributed by atoms with Gasteiger partial charge in [-0.05, 0) is 44.9 Å². The molecule has 0 fully saturated rings. The summed E-state index contributed by atoms with van der Waals surface area (Å²) in [7, 11) is 1.62. The van der Waals surface area contributed by atoms with E-state index in [1.807, 2.05) is 52.0 Å². The Labute approximate surface area is 126 Å². The summed E-state index contributed by atoms with van der Waals surface area (Å²) in [5, 5.41) is 1.27. The molecular formula is C16H25NO4. The van der Waals surface area contributed by atoms with E-state index in [0.717, 1.165) is 17.7 Å². The lowest BCUT2D eigenvalue weighted by molar-refractivity contribution is -0.156. The third kappa shape index (κ3) is 6.49. The first-order chi connectivity index (χ1) is 9.85. The van der Waals surface area contributed by atoms with Crippen LogP contribution in [-0.2, 0) is 16.2 Å². The summed E-state index contributed by atoms with van der Waals surface area (Å²) in [6, 6.07) is 7.52. The predicted octanol–water partition coefficient (Wildman–Crippen LogP) is 3.77. The van der Waals surface area contributed by atoms with Crippen LogP contribution in [0.25, 0.3) is 0 Å². The maximum atomic E-state index is 12.0. The van der Waals surface area contributed by atoms with E-state index < -0.39 is 11.7 Å². The first-order valence-electron chi connectivity index (χ1n) is 7.12. The minimum atomic E-state index is -0.535. The summed E-state index contributed by atoms with van der Waals surface area (Å²) in [5.41, 5.74) is 0.424. The quantitative estimate of drug-likeness (QED) is 0.749. The van der Waals surface area contributed by atoms with Crippen molar-refractivity contribution in [2.24, 2.45) is 0 Å². The SMILES string of the molecule is CCCN(OCc1ccc(OC)cc1)C(=O)OC(C)(C)C. The second-order valence-electron chi connectivity index (χ2n) is 5.70. The summed E-state index contributed by atoms with van der Waals surface area (Å²) in [4.78, 5) is 17.6. The largest absolute Gasteiger partial charge is 0.497 e. The highest BCUT2D eigenvalue weighted by Gasteiger charge is 2.22. The molecule has 0 unspecified atom stereocenters. The molecule has 0 aliphatic heterocycles. The zero-order valence-corrected chi connectivity index (χ0v) is 13.5. The van der Waals surface area contributed by atoms with Crippen LogP contribution in [0.15, 0.2) is 24.3 Å². The number of hydrogen-bond donors (Lipinski definition) is 0. The Bertz CT molecular complexity index is 437. The van der Waals surface area contributed by atoms with Crippen LogP contribution in [0.3, 0.4) is 0 Å². The molecule has 1 rings (SSSR count). The predicted molar refractivity (Wildman–Crippen MR) is 81.0 cm³/mol. The van der Waals surface area contributed by atoms with Crippen LogP contribution < -0.4 is 4.74 Å². The average Bonchev–Trinajstić information content (AvgIpc) is 2.42. The number of hydroxylamine groups is 2. The van der Waals surface area contributed by atoms with Crippen LogP contribution >= 0.6 is 0 Å². The first kappa shape index (κ1) is 17.3. The molecule has 118 valence electrons. The van der Waals surface area contributed by atoms with E-state index in [-0.39, 0.29) is 0 Å². The van der Waals surface area contributed by atoms with E-state index in [9.17, 15) is 4.79 Å². The Hall–Kier alpha value is -1.75. The fourth-order valence-corrected chi connectivity index (χ4v) is 1.60. The first-order valence-corrected chi connectivity index (χ1v) is 7.12. The van der Waals surface area contributed by atoms with Crippen LogP contribution in [0.1, 0.15) is 39.7 Å². The number of carbonyl (C=O) groups is 1. The van der Waals surface area contributed by atoms with Gasteiger partial charge in [0, 0.05) is 0 Å². The molecule has 0 aliphatic carbocycles. The third-order valence-corrected chi connectivity index (χ3v) is 2.57. The normalized spacial score (nSPS) is 11.1. The number of amides is 1. The molecule has 0 saturated carbocycles. The average molecular weight is 295 g/mol. The van der Waals surface area contributed by atoms with Gasteiger partial charge >= 0.3 is 6.09 Å². The van der Waals surface area contributed by atoms with Crippen molar-refractivity contribution < 1.29 is 19.1 Å². The molecule has 1 amide bonds. The van der Waals surface area contributed by atoms with Crippen molar-refractivity contribution in [1.29, 1.82) is 0 Å². The Kier molecular flexibility index (Phi) is 6.49. The molecule has 5 nitrogen and oxygen atoms in total. The molecule has 0 spiro atoms. The van der Waals surface area contributed by atoms with Gasteiger partial charge in [-0.25, -0.2) is 4.79 Å². The van der Waals surface area contributed by atoms with Gasteiger partial charge in [-0.1, -0.05) is 19.1 Å². The third-order valence-electron chi connectivity index (χ3n) is 2.57. The standard InChI is InChI=1S/C16H25NO4/c1-6-11-17(15(18)21-16(2,3)4)20-12-13-7-9-14(19-5)10-8-13/h7-10H,6,11-12H2,1-5H3. The Morgan fingerprint density at radius 3 is 2.29 bits per heavy atom. The highest BCUT2D eigenvalue weighted by atomic mass is 16.7. The Morgan fingerprint density at radius 1 is 1.19 bits per heavy atom. The van der Waals surface area contributed by atoms with Gasteiger partial charge in [-0.2, -0.15) is 5.06 Å². The van der Waals surface area contributed by atoms with Gasteiger partial charge < -0.3 is 9.47 Å². The van der Waals surface area contributed by atoms with Crippen LogP contribution in [0.2, 0.25) is 0 Å². The summed E-state index contributed by atoms with van der Waals surface area (Å²) in [6.45, 7) is 8.28. The van der Waals surface area contributed by atoms with Crippen molar-refractivity contribution in [2.45, 2.75) is 46.3 Å². The molecule has 0 radical (unpaired) electrons. The number of hydrogen-bond acceptors (Lipinski definition) is 4. The molecular weight excluding hydrogens is 270 g/mol. The zero-order valence-electron chi connectivity index (χ0n) is 13.5. The zero-order chi connectivity index (χ0) is 15.9. The molecule has 0 saturated heterocycles. The lowest BCUT2D eigenvalue weighted by atomic mass is 10.2. The summed E-state index contributed by atoms with van der Waals surface area (Å²) in [5.74, 6) is 0.788. The molecule has 0 aromatic heterocycles. The van der Waals surface area contributed by atoms with Crippen LogP contribution in [-0.4, -0.2) is 30.4 Å². The number of benzene rings is 1. The van der Waals surface area contributed by atoms with Gasteiger partial charge in [-0.15, -0.1) is 0 Å². The minimum absolute atomic E-state index is 0.309. The van der Waals surface area contributed by atoms with Crippen molar-refractivity contribution in [3.05, 3.63) is 29.8 Å². The van der Waals surface area contributed by atoms with Gasteiger partial charge in [0.1, 0.15) is 18.0 Å². The van der Waals surface area contributed by atoms with Gasteiger partial charge in [0.25, 0.3) is 0 Å². The number of nitrogens with zero attached hydrogens (tertiary/aromatic N) is 1. The second-order valence-corrected chi connectivity index (χ2v) is 5.70. The van der Waals surface area contributed by atoms with Crippen LogP contribution in [0, 0.1) is 0 Å². The fraction of sp³-hybridized carbons (Fsp3) is 0.562. The molecule has 0 bridgehead atoms. The molecule has 0 N–H and O–H groups in total. The van der Waals surface area contributed by atoms with E-state index in [4.69, 9.17) is 14.3 Å². The van der Waals surface area contributed by atoms with Crippen molar-refractivity contribution in [2.75, 3.05) is 13.7 Å². The van der Waals surface area contributed by atoms with Crippen molar-refractivity contribution >= 4 is 6.09 Å². The lowest BCUT2D eigenvalue weighted by Crippen LogP contribution is -2.37. The maximum Gasteiger partial charge on any atom is 0.434 e. The van der Waals surface area contributed by atoms with Crippen LogP contribution in [0.5, 0.6) is 5.75 Å². The molecule has 0 aliphatic rings. The van der Waals surface area contributed by atoms with Crippen molar-refractivity contribution in [3.63, 3.8) is 0 Å². The summed E-state index contributed by atoms with van der Waals surface area (Å²) >= 11 is 0. The number of carbonyl (C=O) groups excluding carboxylic acids is 1.